The molecule has 2 amide bonds. The van der Waals surface area contributed by atoms with Crippen LogP contribution in [0.1, 0.15) is 49.4 Å². The van der Waals surface area contributed by atoms with Gasteiger partial charge >= 0.3 is 6.18 Å². The molecule has 1 aromatic carbocycles. The number of fused-ring (bicyclic) bond motifs is 1. The Bertz CT molecular complexity index is 1450. The maximum atomic E-state index is 13.1. The third kappa shape index (κ3) is 4.95. The number of aryl methyl sites for hydroxylation is 2. The van der Waals surface area contributed by atoms with E-state index < -0.39 is 34.6 Å². The summed E-state index contributed by atoms with van der Waals surface area (Å²) in [4.78, 5) is 38.0. The van der Waals surface area contributed by atoms with E-state index in [1.807, 2.05) is 0 Å². The van der Waals surface area contributed by atoms with Crippen LogP contribution in [0, 0.1) is 6.92 Å². The summed E-state index contributed by atoms with van der Waals surface area (Å²) < 4.78 is 40.7. The number of rotatable bonds is 5. The smallest absolute Gasteiger partial charge is 0.342 e. The maximum Gasteiger partial charge on any atom is 0.417 e. The number of anilines is 1. The number of amides is 2. The van der Waals surface area contributed by atoms with Gasteiger partial charge in [0.2, 0.25) is 0 Å². The first-order chi connectivity index (χ1) is 16.5. The highest BCUT2D eigenvalue weighted by atomic mass is 35.5. The van der Waals surface area contributed by atoms with Crippen molar-refractivity contribution in [1.29, 1.82) is 0 Å². The van der Waals surface area contributed by atoms with Gasteiger partial charge in [0.15, 0.2) is 5.65 Å². The highest BCUT2D eigenvalue weighted by Crippen LogP contribution is 2.36. The van der Waals surface area contributed by atoms with E-state index >= 15 is 0 Å². The maximum absolute atomic E-state index is 13.1. The van der Waals surface area contributed by atoms with Gasteiger partial charge in [-0.05, 0) is 32.0 Å². The topological polar surface area (TPSA) is 115 Å². The van der Waals surface area contributed by atoms with Crippen molar-refractivity contribution >= 4 is 51.5 Å². The molecule has 0 aliphatic rings. The van der Waals surface area contributed by atoms with Gasteiger partial charge < -0.3 is 10.6 Å². The van der Waals surface area contributed by atoms with E-state index in [-0.39, 0.29) is 16.3 Å². The van der Waals surface area contributed by atoms with Crippen molar-refractivity contribution in [2.24, 2.45) is 7.05 Å². The lowest BCUT2D eigenvalue weighted by Crippen LogP contribution is -2.27. The molecule has 1 atom stereocenters. The van der Waals surface area contributed by atoms with E-state index in [4.69, 9.17) is 11.6 Å². The van der Waals surface area contributed by atoms with Gasteiger partial charge in [0.05, 0.1) is 33.9 Å². The quantitative estimate of drug-likeness (QED) is 0.397. The SMILES string of the molecule is Cc1nn(C)c2ncnc(C(=O)N[C@@H](C)c3ncc(C(=O)Nc4ccc(Cl)c(C(F)(F)F)c4)s3)c12. The molecule has 0 fully saturated rings. The van der Waals surface area contributed by atoms with Gasteiger partial charge in [0.25, 0.3) is 11.8 Å². The summed E-state index contributed by atoms with van der Waals surface area (Å²) in [6, 6.07) is 2.50. The second kappa shape index (κ2) is 9.23. The third-order valence-electron chi connectivity index (χ3n) is 5.01. The van der Waals surface area contributed by atoms with Gasteiger partial charge in [-0.2, -0.15) is 18.3 Å². The van der Waals surface area contributed by atoms with Crippen molar-refractivity contribution in [2.75, 3.05) is 5.32 Å². The number of thiazole rings is 1. The molecule has 0 aliphatic carbocycles. The fourth-order valence-corrected chi connectivity index (χ4v) is 4.42. The van der Waals surface area contributed by atoms with E-state index in [9.17, 15) is 22.8 Å². The zero-order valence-electron chi connectivity index (χ0n) is 18.4. The predicted octanol–water partition coefficient (Wildman–Crippen LogP) is 4.54. The van der Waals surface area contributed by atoms with Crippen LogP contribution < -0.4 is 10.6 Å². The van der Waals surface area contributed by atoms with Crippen molar-refractivity contribution < 1.29 is 22.8 Å². The summed E-state index contributed by atoms with van der Waals surface area (Å²) >= 11 is 6.61. The molecular weight excluding hydrogens is 507 g/mol. The number of alkyl halides is 3. The van der Waals surface area contributed by atoms with Gasteiger partial charge in [-0.15, -0.1) is 11.3 Å². The van der Waals surface area contributed by atoms with Crippen LogP contribution in [0.4, 0.5) is 18.9 Å². The van der Waals surface area contributed by atoms with Crippen LogP contribution in [0.15, 0.2) is 30.7 Å². The number of carbonyl (C=O) groups excluding carboxylic acids is 2. The Kier molecular flexibility index (Phi) is 6.47. The number of halogens is 4. The van der Waals surface area contributed by atoms with Crippen LogP contribution in [0.5, 0.6) is 0 Å². The van der Waals surface area contributed by atoms with Gasteiger partial charge in [0, 0.05) is 12.7 Å². The molecule has 0 radical (unpaired) electrons. The Morgan fingerprint density at radius 3 is 2.63 bits per heavy atom. The number of benzene rings is 1. The Balaban J connectivity index is 1.48. The van der Waals surface area contributed by atoms with Crippen molar-refractivity contribution in [3.8, 4) is 0 Å². The van der Waals surface area contributed by atoms with Crippen molar-refractivity contribution in [2.45, 2.75) is 26.1 Å². The molecule has 3 heterocycles. The average molecular weight is 524 g/mol. The van der Waals surface area contributed by atoms with E-state index in [1.54, 1.807) is 25.6 Å². The molecule has 0 unspecified atom stereocenters. The van der Waals surface area contributed by atoms with Crippen LogP contribution in [0.3, 0.4) is 0 Å². The summed E-state index contributed by atoms with van der Waals surface area (Å²) in [5.41, 5.74) is 0.151. The molecule has 35 heavy (non-hydrogen) atoms. The standard InChI is InChI=1S/C21H17ClF3N7O2S/c1-9-15-16(27-8-28-17(15)32(3)31-9)19(34)29-10(2)20-26-7-14(35-20)18(33)30-11-4-5-13(22)12(6-11)21(23,24)25/h4-8,10H,1-3H3,(H,29,34)(H,30,33)/t10-/m0/s1. The molecule has 0 bridgehead atoms. The first kappa shape index (κ1) is 24.5. The molecule has 4 rings (SSSR count). The molecule has 182 valence electrons. The average Bonchev–Trinajstić information content (AvgIpc) is 3.39. The van der Waals surface area contributed by atoms with Crippen LogP contribution >= 0.6 is 22.9 Å². The summed E-state index contributed by atoms with van der Waals surface area (Å²) in [7, 11) is 1.71. The summed E-state index contributed by atoms with van der Waals surface area (Å²) in [6.45, 7) is 3.43. The molecule has 0 spiro atoms. The molecule has 14 heteroatoms. The zero-order chi connectivity index (χ0) is 25.5. The molecular formula is C21H17ClF3N7O2S. The van der Waals surface area contributed by atoms with E-state index in [0.717, 1.165) is 23.5 Å². The normalized spacial score (nSPS) is 12.5. The lowest BCUT2D eigenvalue weighted by molar-refractivity contribution is -0.137. The predicted molar refractivity (Wildman–Crippen MR) is 123 cm³/mol. The van der Waals surface area contributed by atoms with Crippen molar-refractivity contribution in [1.82, 2.24) is 30.0 Å². The molecule has 0 saturated carbocycles. The molecule has 2 N–H and O–H groups in total. The second-order valence-corrected chi connectivity index (χ2v) is 9.00. The van der Waals surface area contributed by atoms with Crippen molar-refractivity contribution in [3.05, 3.63) is 62.6 Å². The summed E-state index contributed by atoms with van der Waals surface area (Å²) in [6.07, 6.45) is -2.10. The van der Waals surface area contributed by atoms with Gasteiger partial charge in [0.1, 0.15) is 21.9 Å². The Morgan fingerprint density at radius 1 is 1.17 bits per heavy atom. The van der Waals surface area contributed by atoms with Crippen LogP contribution in [0.2, 0.25) is 5.02 Å². The minimum Gasteiger partial charge on any atom is -0.342 e. The number of nitrogens with zero attached hydrogens (tertiary/aromatic N) is 5. The van der Waals surface area contributed by atoms with Gasteiger partial charge in [-0.3, -0.25) is 14.3 Å². The Hall–Kier alpha value is -3.58. The van der Waals surface area contributed by atoms with E-state index in [1.165, 1.54) is 18.6 Å². The third-order valence-corrected chi connectivity index (χ3v) is 6.51. The minimum absolute atomic E-state index is 0.0670. The monoisotopic (exact) mass is 523 g/mol. The Labute approximate surface area is 205 Å². The van der Waals surface area contributed by atoms with Crippen LogP contribution in [0.25, 0.3) is 11.0 Å². The van der Waals surface area contributed by atoms with Gasteiger partial charge in [-0.25, -0.2) is 15.0 Å². The number of hydrogen-bond donors (Lipinski definition) is 2. The fourth-order valence-electron chi connectivity index (χ4n) is 3.38. The molecule has 4 aromatic rings. The minimum atomic E-state index is -4.66. The highest BCUT2D eigenvalue weighted by Gasteiger charge is 2.33. The van der Waals surface area contributed by atoms with E-state index in [2.05, 4.69) is 30.7 Å². The molecule has 0 aliphatic heterocycles. The van der Waals surface area contributed by atoms with Crippen LogP contribution in [-0.4, -0.2) is 36.5 Å². The lowest BCUT2D eigenvalue weighted by Gasteiger charge is -2.12. The largest absolute Gasteiger partial charge is 0.417 e. The number of hydrogen-bond acceptors (Lipinski definition) is 7. The molecule has 9 nitrogen and oxygen atoms in total. The highest BCUT2D eigenvalue weighted by molar-refractivity contribution is 7.13. The van der Waals surface area contributed by atoms with Gasteiger partial charge in [-0.1, -0.05) is 11.6 Å². The number of nitrogens with one attached hydrogen (secondary N) is 2. The first-order valence-corrected chi connectivity index (χ1v) is 11.2. The zero-order valence-corrected chi connectivity index (χ0v) is 20.0. The fraction of sp³-hybridized carbons (Fsp3) is 0.238. The second-order valence-electron chi connectivity index (χ2n) is 7.53. The Morgan fingerprint density at radius 2 is 1.91 bits per heavy atom. The number of aromatic nitrogens is 5. The first-order valence-electron chi connectivity index (χ1n) is 10.0. The summed E-state index contributed by atoms with van der Waals surface area (Å²) in [5.74, 6) is -1.12. The summed E-state index contributed by atoms with van der Waals surface area (Å²) in [5, 5.41) is 9.93. The van der Waals surface area contributed by atoms with Crippen molar-refractivity contribution in [3.63, 3.8) is 0 Å². The molecule has 0 saturated heterocycles. The molecule has 3 aromatic heterocycles. The number of carbonyl (C=O) groups is 2. The van der Waals surface area contributed by atoms with E-state index in [0.29, 0.717) is 21.7 Å². The lowest BCUT2D eigenvalue weighted by atomic mass is 10.2. The van der Waals surface area contributed by atoms with Crippen LogP contribution in [-0.2, 0) is 13.2 Å².